The summed E-state index contributed by atoms with van der Waals surface area (Å²) in [7, 11) is 0. The van der Waals surface area contributed by atoms with Gasteiger partial charge in [0.2, 0.25) is 0 Å². The molecule has 1 aliphatic heterocycles. The van der Waals surface area contributed by atoms with Crippen LogP contribution in [0.3, 0.4) is 0 Å². The fourth-order valence-corrected chi connectivity index (χ4v) is 3.17. The molecule has 3 nitrogen and oxygen atoms in total. The summed E-state index contributed by atoms with van der Waals surface area (Å²) in [6.07, 6.45) is -4.95. The number of benzene rings is 1. The van der Waals surface area contributed by atoms with Gasteiger partial charge in [0.25, 0.3) is 0 Å². The molecule has 0 amide bonds. The minimum atomic E-state index is -4.16. The fraction of sp³-hybridized carbons (Fsp3) is 0.647. The number of halogens is 5. The van der Waals surface area contributed by atoms with E-state index in [2.05, 4.69) is 24.1 Å². The molecule has 1 atom stereocenters. The lowest BCUT2D eigenvalue weighted by Crippen LogP contribution is -2.46. The second kappa shape index (κ2) is 11.1. The van der Waals surface area contributed by atoms with E-state index in [-0.39, 0.29) is 24.8 Å². The molecule has 0 unspecified atom stereocenters. The lowest BCUT2D eigenvalue weighted by Gasteiger charge is -2.36. The summed E-state index contributed by atoms with van der Waals surface area (Å²) in [6, 6.07) is 6.99. The number of nitrogens with zero attached hydrogens (tertiary/aromatic N) is 2. The molecule has 0 bridgehead atoms. The van der Waals surface area contributed by atoms with Crippen LogP contribution in [0.1, 0.15) is 31.9 Å². The molecular formula is C17H28Cl2F3N3. The average Bonchev–Trinajstić information content (AvgIpc) is 2.55. The third kappa shape index (κ3) is 7.21. The van der Waals surface area contributed by atoms with Gasteiger partial charge in [-0.1, -0.05) is 12.1 Å². The summed E-state index contributed by atoms with van der Waals surface area (Å²) in [5, 5.41) is 3.19. The van der Waals surface area contributed by atoms with Crippen molar-refractivity contribution in [2.24, 2.45) is 0 Å². The van der Waals surface area contributed by atoms with Gasteiger partial charge in [-0.15, -0.1) is 24.8 Å². The highest BCUT2D eigenvalue weighted by Crippen LogP contribution is 2.34. The van der Waals surface area contributed by atoms with Crippen LogP contribution in [-0.4, -0.2) is 50.3 Å². The Hall–Kier alpha value is -0.690. The maximum absolute atomic E-state index is 13.0. The quantitative estimate of drug-likeness (QED) is 0.767. The van der Waals surface area contributed by atoms with Crippen LogP contribution in [0.15, 0.2) is 24.3 Å². The van der Waals surface area contributed by atoms with Crippen molar-refractivity contribution < 1.29 is 13.2 Å². The normalized spacial score (nSPS) is 16.5. The van der Waals surface area contributed by atoms with Gasteiger partial charge in [-0.25, -0.2) is 0 Å². The Morgan fingerprint density at radius 3 is 2.00 bits per heavy atom. The van der Waals surface area contributed by atoms with Gasteiger partial charge in [0.15, 0.2) is 0 Å². The van der Waals surface area contributed by atoms with Crippen molar-refractivity contribution in [2.45, 2.75) is 32.5 Å². The van der Waals surface area contributed by atoms with Crippen LogP contribution in [-0.2, 0) is 0 Å². The van der Waals surface area contributed by atoms with Crippen molar-refractivity contribution in [3.8, 4) is 0 Å². The first kappa shape index (κ1) is 24.3. The van der Waals surface area contributed by atoms with Gasteiger partial charge in [-0.05, 0) is 31.5 Å². The number of alkyl halides is 3. The van der Waals surface area contributed by atoms with E-state index in [4.69, 9.17) is 0 Å². The fourth-order valence-electron chi connectivity index (χ4n) is 3.17. The van der Waals surface area contributed by atoms with Gasteiger partial charge in [0.05, 0.1) is 6.42 Å². The van der Waals surface area contributed by atoms with Crippen molar-refractivity contribution in [3.63, 3.8) is 0 Å². The van der Waals surface area contributed by atoms with Crippen LogP contribution < -0.4 is 10.2 Å². The molecule has 1 aliphatic rings. The van der Waals surface area contributed by atoms with Crippen molar-refractivity contribution in [2.75, 3.05) is 44.2 Å². The highest BCUT2D eigenvalue weighted by atomic mass is 35.5. The second-order valence-corrected chi connectivity index (χ2v) is 5.88. The predicted octanol–water partition coefficient (Wildman–Crippen LogP) is 4.28. The minimum Gasteiger partial charge on any atom is -0.372 e. The Bertz CT molecular complexity index is 473. The summed E-state index contributed by atoms with van der Waals surface area (Å²) in [5.41, 5.74) is 1.81. The Balaban J connectivity index is 0.00000288. The predicted molar refractivity (Wildman–Crippen MR) is 102 cm³/mol. The van der Waals surface area contributed by atoms with E-state index in [1.807, 2.05) is 29.2 Å². The van der Waals surface area contributed by atoms with Crippen molar-refractivity contribution in [1.29, 1.82) is 0 Å². The molecule has 25 heavy (non-hydrogen) atoms. The van der Waals surface area contributed by atoms with Gasteiger partial charge >= 0.3 is 6.18 Å². The van der Waals surface area contributed by atoms with Crippen molar-refractivity contribution >= 4 is 30.5 Å². The summed E-state index contributed by atoms with van der Waals surface area (Å²) in [4.78, 5) is 4.13. The first-order valence-corrected chi connectivity index (χ1v) is 8.31. The van der Waals surface area contributed by atoms with Gasteiger partial charge in [-0.3, -0.25) is 4.90 Å². The van der Waals surface area contributed by atoms with E-state index in [0.717, 1.165) is 37.4 Å². The Labute approximate surface area is 160 Å². The lowest BCUT2D eigenvalue weighted by atomic mass is 10.00. The molecule has 1 aromatic rings. The number of anilines is 1. The Kier molecular flexibility index (Phi) is 10.8. The molecule has 2 rings (SSSR count). The van der Waals surface area contributed by atoms with Gasteiger partial charge in [-0.2, -0.15) is 13.2 Å². The van der Waals surface area contributed by atoms with Crippen LogP contribution in [0, 0.1) is 0 Å². The number of hydrogen-bond donors (Lipinski definition) is 1. The molecule has 0 aliphatic carbocycles. The van der Waals surface area contributed by atoms with Crippen LogP contribution in [0.5, 0.6) is 0 Å². The molecule has 8 heteroatoms. The zero-order valence-electron chi connectivity index (χ0n) is 14.7. The summed E-state index contributed by atoms with van der Waals surface area (Å²) in [6.45, 7) is 8.71. The third-order valence-corrected chi connectivity index (χ3v) is 4.42. The first-order chi connectivity index (χ1) is 10.9. The monoisotopic (exact) mass is 401 g/mol. The van der Waals surface area contributed by atoms with E-state index in [1.54, 1.807) is 0 Å². The highest BCUT2D eigenvalue weighted by molar-refractivity contribution is 5.85. The summed E-state index contributed by atoms with van der Waals surface area (Å²) >= 11 is 0. The summed E-state index contributed by atoms with van der Waals surface area (Å²) in [5.74, 6) is 0. The molecule has 1 aromatic carbocycles. The zero-order chi connectivity index (χ0) is 16.9. The third-order valence-electron chi connectivity index (χ3n) is 4.42. The van der Waals surface area contributed by atoms with Crippen LogP contribution in [0.25, 0.3) is 0 Å². The number of nitrogens with one attached hydrogen (secondary N) is 1. The van der Waals surface area contributed by atoms with Crippen molar-refractivity contribution in [3.05, 3.63) is 29.8 Å². The first-order valence-electron chi connectivity index (χ1n) is 8.31. The maximum atomic E-state index is 13.0. The molecular weight excluding hydrogens is 374 g/mol. The van der Waals surface area contributed by atoms with E-state index in [9.17, 15) is 13.2 Å². The van der Waals surface area contributed by atoms with Gasteiger partial charge in [0.1, 0.15) is 0 Å². The number of piperazine rings is 1. The van der Waals surface area contributed by atoms with E-state index < -0.39 is 18.6 Å². The smallest absolute Gasteiger partial charge is 0.372 e. The second-order valence-electron chi connectivity index (χ2n) is 5.88. The molecule has 0 radical (unpaired) electrons. The van der Waals surface area contributed by atoms with Gasteiger partial charge in [0, 0.05) is 51.0 Å². The number of hydrogen-bond acceptors (Lipinski definition) is 3. The Morgan fingerprint density at radius 2 is 1.56 bits per heavy atom. The molecule has 146 valence electrons. The maximum Gasteiger partial charge on any atom is 0.390 e. The molecule has 1 saturated heterocycles. The van der Waals surface area contributed by atoms with E-state index >= 15 is 0 Å². The molecule has 0 spiro atoms. The number of rotatable bonds is 6. The standard InChI is InChI=1S/C17H26F3N3.2ClH/c1-3-22(4-2)15-7-5-14(6-8-15)16(13-17(18,19)20)23-11-9-21-10-12-23;;/h5-8,16,21H,3-4,9-13H2,1-2H3;2*1H/t16-;;/m1../s1. The average molecular weight is 402 g/mol. The lowest BCUT2D eigenvalue weighted by molar-refractivity contribution is -0.148. The molecule has 1 fully saturated rings. The van der Waals surface area contributed by atoms with Crippen LogP contribution >= 0.6 is 24.8 Å². The molecule has 1 heterocycles. The summed E-state index contributed by atoms with van der Waals surface area (Å²) < 4.78 is 39.0. The molecule has 0 saturated carbocycles. The van der Waals surface area contributed by atoms with Crippen LogP contribution in [0.2, 0.25) is 0 Å². The zero-order valence-corrected chi connectivity index (χ0v) is 16.3. The topological polar surface area (TPSA) is 18.5 Å². The van der Waals surface area contributed by atoms with E-state index in [1.165, 1.54) is 0 Å². The molecule has 0 aromatic heterocycles. The van der Waals surface area contributed by atoms with Gasteiger partial charge < -0.3 is 10.2 Å². The van der Waals surface area contributed by atoms with E-state index in [0.29, 0.717) is 13.1 Å². The van der Waals surface area contributed by atoms with Crippen LogP contribution in [0.4, 0.5) is 18.9 Å². The highest BCUT2D eigenvalue weighted by Gasteiger charge is 2.35. The largest absolute Gasteiger partial charge is 0.390 e. The molecule has 1 N–H and O–H groups in total. The van der Waals surface area contributed by atoms with Crippen molar-refractivity contribution in [1.82, 2.24) is 10.2 Å². The minimum absolute atomic E-state index is 0. The Morgan fingerprint density at radius 1 is 1.04 bits per heavy atom. The SMILES string of the molecule is CCN(CC)c1ccc([C@@H](CC(F)(F)F)N2CCNCC2)cc1.Cl.Cl.